The van der Waals surface area contributed by atoms with Crippen molar-refractivity contribution in [3.8, 4) is 0 Å². The molecule has 0 saturated heterocycles. The topological polar surface area (TPSA) is 68.2 Å². The number of hydrogen-bond acceptors (Lipinski definition) is 4. The number of imidazole rings is 1. The van der Waals surface area contributed by atoms with Crippen LogP contribution in [0.25, 0.3) is 0 Å². The first kappa shape index (κ1) is 18.2. The van der Waals surface area contributed by atoms with Crippen LogP contribution in [-0.2, 0) is 17.8 Å². The highest BCUT2D eigenvalue weighted by atomic mass is 16.6. The Morgan fingerprint density at radius 3 is 2.77 bits per heavy atom. The molecule has 0 aliphatic heterocycles. The van der Waals surface area contributed by atoms with E-state index in [1.165, 1.54) is 5.69 Å². The van der Waals surface area contributed by atoms with E-state index in [1.807, 2.05) is 45.4 Å². The Kier molecular flexibility index (Phi) is 7.66. The summed E-state index contributed by atoms with van der Waals surface area (Å²) < 4.78 is 7.29. The van der Waals surface area contributed by atoms with Crippen LogP contribution < -0.4 is 10.6 Å². The summed E-state index contributed by atoms with van der Waals surface area (Å²) in [5, 5.41) is 6.00. The van der Waals surface area contributed by atoms with Crippen molar-refractivity contribution in [2.45, 2.75) is 52.8 Å². The lowest BCUT2D eigenvalue weighted by Crippen LogP contribution is -2.32. The fraction of sp³-hybridized carbons (Fsp3) is 0.625. The fourth-order valence-corrected chi connectivity index (χ4v) is 1.84. The molecule has 0 radical (unpaired) electrons. The van der Waals surface area contributed by atoms with E-state index in [-0.39, 0.29) is 0 Å². The van der Waals surface area contributed by atoms with E-state index in [9.17, 15) is 4.79 Å². The van der Waals surface area contributed by atoms with Gasteiger partial charge in [0.25, 0.3) is 0 Å². The molecule has 0 aromatic carbocycles. The van der Waals surface area contributed by atoms with Crippen LogP contribution in [0.4, 0.5) is 4.79 Å². The number of amides is 1. The number of aromatic nitrogens is 2. The Balaban J connectivity index is 2.14. The SMILES string of the molecule is CCCn1cncc1CNC/C=C/CNC(=O)OC(C)(C)C. The third-order valence-electron chi connectivity index (χ3n) is 2.76. The monoisotopic (exact) mass is 308 g/mol. The van der Waals surface area contributed by atoms with Gasteiger partial charge in [-0.3, -0.25) is 0 Å². The molecule has 6 nitrogen and oxygen atoms in total. The Bertz CT molecular complexity index is 475. The third-order valence-corrected chi connectivity index (χ3v) is 2.76. The minimum Gasteiger partial charge on any atom is -0.444 e. The van der Waals surface area contributed by atoms with Gasteiger partial charge in [-0.05, 0) is 27.2 Å². The van der Waals surface area contributed by atoms with Gasteiger partial charge >= 0.3 is 6.09 Å². The van der Waals surface area contributed by atoms with Crippen molar-refractivity contribution in [3.63, 3.8) is 0 Å². The molecular formula is C16H28N4O2. The van der Waals surface area contributed by atoms with Crippen LogP contribution in [0.3, 0.4) is 0 Å². The number of carbonyl (C=O) groups excluding carboxylic acids is 1. The van der Waals surface area contributed by atoms with Crippen molar-refractivity contribution in [2.75, 3.05) is 13.1 Å². The number of rotatable bonds is 8. The van der Waals surface area contributed by atoms with E-state index in [1.54, 1.807) is 0 Å². The first-order chi connectivity index (χ1) is 10.4. The highest BCUT2D eigenvalue weighted by Gasteiger charge is 2.14. The Morgan fingerprint density at radius 1 is 1.36 bits per heavy atom. The smallest absolute Gasteiger partial charge is 0.407 e. The molecule has 0 fully saturated rings. The molecule has 124 valence electrons. The molecule has 1 amide bonds. The number of hydrogen-bond donors (Lipinski definition) is 2. The maximum Gasteiger partial charge on any atom is 0.407 e. The van der Waals surface area contributed by atoms with Gasteiger partial charge in [-0.15, -0.1) is 0 Å². The van der Waals surface area contributed by atoms with Gasteiger partial charge in [0.2, 0.25) is 0 Å². The molecule has 1 heterocycles. The second-order valence-electron chi connectivity index (χ2n) is 6.06. The average Bonchev–Trinajstić information content (AvgIpc) is 2.83. The Hall–Kier alpha value is -1.82. The molecular weight excluding hydrogens is 280 g/mol. The summed E-state index contributed by atoms with van der Waals surface area (Å²) in [7, 11) is 0. The van der Waals surface area contributed by atoms with E-state index in [4.69, 9.17) is 4.74 Å². The summed E-state index contributed by atoms with van der Waals surface area (Å²) in [4.78, 5) is 15.6. The third kappa shape index (κ3) is 7.83. The maximum absolute atomic E-state index is 11.4. The fourth-order valence-electron chi connectivity index (χ4n) is 1.84. The minimum absolute atomic E-state index is 0.395. The second-order valence-corrected chi connectivity index (χ2v) is 6.06. The van der Waals surface area contributed by atoms with Crippen LogP contribution in [0.5, 0.6) is 0 Å². The number of nitrogens with zero attached hydrogens (tertiary/aromatic N) is 2. The molecule has 2 N–H and O–H groups in total. The molecule has 0 aliphatic carbocycles. The lowest BCUT2D eigenvalue weighted by Gasteiger charge is -2.19. The lowest BCUT2D eigenvalue weighted by molar-refractivity contribution is 0.0534. The first-order valence-corrected chi connectivity index (χ1v) is 7.74. The maximum atomic E-state index is 11.4. The largest absolute Gasteiger partial charge is 0.444 e. The molecule has 22 heavy (non-hydrogen) atoms. The van der Waals surface area contributed by atoms with Crippen LogP contribution in [0.1, 0.15) is 39.8 Å². The van der Waals surface area contributed by atoms with Gasteiger partial charge in [-0.2, -0.15) is 0 Å². The summed E-state index contributed by atoms with van der Waals surface area (Å²) in [6, 6.07) is 0. The van der Waals surface area contributed by atoms with Gasteiger partial charge in [0.1, 0.15) is 5.60 Å². The van der Waals surface area contributed by atoms with Gasteiger partial charge in [0.05, 0.1) is 12.0 Å². The van der Waals surface area contributed by atoms with Crippen LogP contribution in [0.15, 0.2) is 24.7 Å². The van der Waals surface area contributed by atoms with E-state index >= 15 is 0 Å². The number of carbonyl (C=O) groups is 1. The molecule has 0 unspecified atom stereocenters. The molecule has 0 aliphatic rings. The minimum atomic E-state index is -0.462. The summed E-state index contributed by atoms with van der Waals surface area (Å²) in [5.74, 6) is 0. The number of aryl methyl sites for hydroxylation is 1. The zero-order valence-corrected chi connectivity index (χ0v) is 14.1. The molecule has 0 bridgehead atoms. The summed E-state index contributed by atoms with van der Waals surface area (Å²) in [6.07, 6.45) is 8.34. The van der Waals surface area contributed by atoms with Gasteiger partial charge in [-0.1, -0.05) is 19.1 Å². The summed E-state index contributed by atoms with van der Waals surface area (Å²) >= 11 is 0. The quantitative estimate of drug-likeness (QED) is 0.572. The number of alkyl carbamates (subject to hydrolysis) is 1. The molecule has 1 rings (SSSR count). The van der Waals surface area contributed by atoms with Crippen molar-refractivity contribution in [1.82, 2.24) is 20.2 Å². The van der Waals surface area contributed by atoms with E-state index in [0.717, 1.165) is 26.1 Å². The van der Waals surface area contributed by atoms with Gasteiger partial charge in [-0.25, -0.2) is 9.78 Å². The molecule has 6 heteroatoms. The lowest BCUT2D eigenvalue weighted by atomic mass is 10.2. The van der Waals surface area contributed by atoms with E-state index < -0.39 is 11.7 Å². The van der Waals surface area contributed by atoms with Crippen molar-refractivity contribution in [1.29, 1.82) is 0 Å². The first-order valence-electron chi connectivity index (χ1n) is 7.74. The predicted octanol–water partition coefficient (Wildman–Crippen LogP) is 2.46. The number of nitrogens with one attached hydrogen (secondary N) is 2. The van der Waals surface area contributed by atoms with Crippen LogP contribution in [0.2, 0.25) is 0 Å². The van der Waals surface area contributed by atoms with Crippen molar-refractivity contribution in [2.24, 2.45) is 0 Å². The normalized spacial score (nSPS) is 11.8. The van der Waals surface area contributed by atoms with Crippen LogP contribution >= 0.6 is 0 Å². The summed E-state index contributed by atoms with van der Waals surface area (Å²) in [6.45, 7) is 10.7. The van der Waals surface area contributed by atoms with Gasteiger partial charge in [0, 0.05) is 32.4 Å². The van der Waals surface area contributed by atoms with Gasteiger partial charge in [0.15, 0.2) is 0 Å². The average molecular weight is 308 g/mol. The molecule has 0 spiro atoms. The van der Waals surface area contributed by atoms with Crippen molar-refractivity contribution >= 4 is 6.09 Å². The molecule has 0 saturated carbocycles. The summed E-state index contributed by atoms with van der Waals surface area (Å²) in [5.41, 5.74) is 0.721. The Labute approximate surface area is 132 Å². The van der Waals surface area contributed by atoms with Crippen LogP contribution in [-0.4, -0.2) is 34.3 Å². The van der Waals surface area contributed by atoms with Crippen LogP contribution in [0, 0.1) is 0 Å². The van der Waals surface area contributed by atoms with Crippen molar-refractivity contribution in [3.05, 3.63) is 30.4 Å². The predicted molar refractivity (Wildman–Crippen MR) is 87.6 cm³/mol. The second kappa shape index (κ2) is 9.25. The van der Waals surface area contributed by atoms with Crippen molar-refractivity contribution < 1.29 is 9.53 Å². The zero-order valence-electron chi connectivity index (χ0n) is 14.1. The standard InChI is InChI=1S/C16H28N4O2/c1-5-10-20-13-18-12-14(20)11-17-8-6-7-9-19-15(21)22-16(2,3)4/h6-7,12-13,17H,5,8-11H2,1-4H3,(H,19,21)/b7-6+. The van der Waals surface area contributed by atoms with E-state index in [0.29, 0.717) is 6.54 Å². The Morgan fingerprint density at radius 2 is 2.09 bits per heavy atom. The molecule has 0 atom stereocenters. The zero-order chi connectivity index (χ0) is 16.4. The van der Waals surface area contributed by atoms with Gasteiger partial charge < -0.3 is 19.9 Å². The van der Waals surface area contributed by atoms with E-state index in [2.05, 4.69) is 27.1 Å². The molecule has 1 aromatic heterocycles. The highest BCUT2D eigenvalue weighted by Crippen LogP contribution is 2.06. The molecule has 1 aromatic rings. The number of ether oxygens (including phenoxy) is 1. The highest BCUT2D eigenvalue weighted by molar-refractivity contribution is 5.67.